The fourth-order valence-corrected chi connectivity index (χ4v) is 4.86. The van der Waals surface area contributed by atoms with Crippen molar-refractivity contribution in [2.24, 2.45) is 5.92 Å². The van der Waals surface area contributed by atoms with E-state index in [1.165, 1.54) is 0 Å². The molecule has 0 aliphatic carbocycles. The monoisotopic (exact) mass is 558 g/mol. The number of rotatable bonds is 3. The van der Waals surface area contributed by atoms with Gasteiger partial charge in [-0.05, 0) is 73.1 Å². The number of amides is 3. The van der Waals surface area contributed by atoms with Crippen LogP contribution in [0.2, 0.25) is 0 Å². The van der Waals surface area contributed by atoms with Crippen molar-refractivity contribution >= 4 is 23.7 Å². The summed E-state index contributed by atoms with van der Waals surface area (Å²) in [5.41, 5.74) is 9.61. The summed E-state index contributed by atoms with van der Waals surface area (Å²) in [6.45, 7) is 5.63. The Morgan fingerprint density at radius 3 is 2.56 bits per heavy atom. The molecule has 5 N–H and O–H groups in total. The standard InChI is InChI=1S/C31H38N6O4/c1-20(2)16-24-19-26(36-31(32)35-24)30(41)37-14-4-8-28(39)33-13-11-21-9-10-27(38)25(17-21)22-6-3-7-23(18-22)29(40)34-12-5-15-37/h3,6-7,9-10,17-20,38H,4-5,8,11-16H2,1-2H3,(H,33,39)(H,34,40)(H2,32,35,36). The second kappa shape index (κ2) is 13.7. The molecule has 0 fully saturated rings. The van der Waals surface area contributed by atoms with E-state index in [0.717, 1.165) is 11.1 Å². The number of nitrogen functional groups attached to an aromatic ring is 1. The Hall–Kier alpha value is -4.47. The molecule has 0 saturated carbocycles. The van der Waals surface area contributed by atoms with Crippen LogP contribution >= 0.6 is 0 Å². The number of hydrogen-bond donors (Lipinski definition) is 4. The minimum absolute atomic E-state index is 0.0521. The third-order valence-corrected chi connectivity index (χ3v) is 6.88. The van der Waals surface area contributed by atoms with Gasteiger partial charge in [0.25, 0.3) is 11.8 Å². The molecule has 0 unspecified atom stereocenters. The van der Waals surface area contributed by atoms with Crippen LogP contribution in [0.3, 0.4) is 0 Å². The summed E-state index contributed by atoms with van der Waals surface area (Å²) >= 11 is 0. The van der Waals surface area contributed by atoms with Gasteiger partial charge >= 0.3 is 0 Å². The van der Waals surface area contributed by atoms with Crippen molar-refractivity contribution in [2.75, 3.05) is 31.9 Å². The summed E-state index contributed by atoms with van der Waals surface area (Å²) in [6, 6.07) is 14.1. The zero-order chi connectivity index (χ0) is 29.4. The number of aromatic hydroxyl groups is 1. The summed E-state index contributed by atoms with van der Waals surface area (Å²) in [5, 5.41) is 16.4. The second-order valence-electron chi connectivity index (χ2n) is 10.7. The highest BCUT2D eigenvalue weighted by Gasteiger charge is 2.20. The molecular formula is C31H38N6O4. The molecule has 3 amide bonds. The fraction of sp³-hybridized carbons (Fsp3) is 0.387. The molecule has 1 aromatic heterocycles. The Kier molecular flexibility index (Phi) is 9.89. The molecule has 10 heteroatoms. The van der Waals surface area contributed by atoms with Crippen LogP contribution in [0, 0.1) is 5.92 Å². The first-order valence-electron chi connectivity index (χ1n) is 14.1. The number of nitrogens with one attached hydrogen (secondary N) is 2. The van der Waals surface area contributed by atoms with Crippen molar-refractivity contribution in [3.8, 4) is 16.9 Å². The van der Waals surface area contributed by atoms with Crippen LogP contribution in [0.4, 0.5) is 5.95 Å². The van der Waals surface area contributed by atoms with Gasteiger partial charge in [-0.25, -0.2) is 9.97 Å². The van der Waals surface area contributed by atoms with Crippen LogP contribution in [-0.2, 0) is 17.6 Å². The number of carbonyl (C=O) groups is 3. The number of nitrogens with two attached hydrogens (primary N) is 1. The number of aromatic nitrogens is 2. The molecule has 1 aliphatic heterocycles. The Morgan fingerprint density at radius 2 is 1.76 bits per heavy atom. The highest BCUT2D eigenvalue weighted by atomic mass is 16.3. The number of carbonyl (C=O) groups excluding carboxylic acids is 3. The highest BCUT2D eigenvalue weighted by Crippen LogP contribution is 2.31. The van der Waals surface area contributed by atoms with Gasteiger partial charge in [-0.15, -0.1) is 0 Å². The van der Waals surface area contributed by atoms with Crippen LogP contribution in [0.25, 0.3) is 11.1 Å². The lowest BCUT2D eigenvalue weighted by Crippen LogP contribution is -2.36. The first-order chi connectivity index (χ1) is 19.7. The van der Waals surface area contributed by atoms with Crippen molar-refractivity contribution in [3.63, 3.8) is 0 Å². The predicted octanol–water partition coefficient (Wildman–Crippen LogP) is 3.34. The summed E-state index contributed by atoms with van der Waals surface area (Å²) in [6.07, 6.45) is 2.49. The van der Waals surface area contributed by atoms with Crippen LogP contribution in [0.1, 0.15) is 65.2 Å². The zero-order valence-electron chi connectivity index (χ0n) is 23.7. The SMILES string of the molecule is CC(C)Cc1cc(C(=O)N2CCCNC(=O)c3cccc(c3)-c3cc(ccc3O)CCNC(=O)CCC2)nc(N)n1. The van der Waals surface area contributed by atoms with E-state index in [1.54, 1.807) is 35.2 Å². The number of nitrogens with zero attached hydrogens (tertiary/aromatic N) is 3. The van der Waals surface area contributed by atoms with E-state index < -0.39 is 0 Å². The molecular weight excluding hydrogens is 520 g/mol. The van der Waals surface area contributed by atoms with Gasteiger partial charge < -0.3 is 26.4 Å². The summed E-state index contributed by atoms with van der Waals surface area (Å²) < 4.78 is 0. The van der Waals surface area contributed by atoms with Crippen LogP contribution in [0.15, 0.2) is 48.5 Å². The maximum Gasteiger partial charge on any atom is 0.272 e. The summed E-state index contributed by atoms with van der Waals surface area (Å²) in [4.78, 5) is 49.1. The molecule has 10 nitrogen and oxygen atoms in total. The van der Waals surface area contributed by atoms with Gasteiger partial charge in [0.05, 0.1) is 0 Å². The number of hydrogen-bond acceptors (Lipinski definition) is 7. The predicted molar refractivity (Wildman–Crippen MR) is 157 cm³/mol. The second-order valence-corrected chi connectivity index (χ2v) is 10.7. The molecule has 41 heavy (non-hydrogen) atoms. The minimum atomic E-state index is -0.284. The molecule has 4 rings (SSSR count). The van der Waals surface area contributed by atoms with Crippen molar-refractivity contribution in [3.05, 3.63) is 71.0 Å². The Bertz CT molecular complexity index is 1410. The lowest BCUT2D eigenvalue weighted by atomic mass is 9.98. The van der Waals surface area contributed by atoms with E-state index in [4.69, 9.17) is 5.73 Å². The van der Waals surface area contributed by atoms with E-state index in [0.29, 0.717) is 74.6 Å². The van der Waals surface area contributed by atoms with E-state index in [2.05, 4.69) is 34.4 Å². The molecule has 216 valence electrons. The average molecular weight is 559 g/mol. The minimum Gasteiger partial charge on any atom is -0.507 e. The van der Waals surface area contributed by atoms with Gasteiger partial charge in [0.2, 0.25) is 11.9 Å². The largest absolute Gasteiger partial charge is 0.507 e. The first-order valence-corrected chi connectivity index (χ1v) is 14.1. The lowest BCUT2D eigenvalue weighted by Gasteiger charge is -2.23. The molecule has 0 atom stereocenters. The third-order valence-electron chi connectivity index (χ3n) is 6.88. The smallest absolute Gasteiger partial charge is 0.272 e. The van der Waals surface area contributed by atoms with Gasteiger partial charge in [-0.1, -0.05) is 32.0 Å². The molecule has 3 aromatic rings. The van der Waals surface area contributed by atoms with Crippen LogP contribution in [0.5, 0.6) is 5.75 Å². The fourth-order valence-electron chi connectivity index (χ4n) is 4.86. The first kappa shape index (κ1) is 29.5. The quantitative estimate of drug-likeness (QED) is 0.385. The number of benzene rings is 2. The van der Waals surface area contributed by atoms with Crippen molar-refractivity contribution in [1.29, 1.82) is 0 Å². The highest BCUT2D eigenvalue weighted by molar-refractivity contribution is 5.95. The number of fused-ring (bicyclic) bond motifs is 5. The van der Waals surface area contributed by atoms with Crippen molar-refractivity contribution in [2.45, 2.75) is 46.0 Å². The Balaban J connectivity index is 1.53. The van der Waals surface area contributed by atoms with Crippen molar-refractivity contribution < 1.29 is 19.5 Å². The molecule has 4 bridgehead atoms. The summed E-state index contributed by atoms with van der Waals surface area (Å²) in [7, 11) is 0. The zero-order valence-corrected chi connectivity index (χ0v) is 23.7. The maximum atomic E-state index is 13.5. The van der Waals surface area contributed by atoms with E-state index >= 15 is 0 Å². The Morgan fingerprint density at radius 1 is 0.976 bits per heavy atom. The van der Waals surface area contributed by atoms with E-state index in [9.17, 15) is 19.5 Å². The number of anilines is 1. The molecule has 2 aromatic carbocycles. The number of phenolic OH excluding ortho intramolecular Hbond substituents is 1. The van der Waals surface area contributed by atoms with Crippen LogP contribution < -0.4 is 16.4 Å². The van der Waals surface area contributed by atoms with Gasteiger partial charge in [0, 0.05) is 49.4 Å². The van der Waals surface area contributed by atoms with Gasteiger partial charge in [0.15, 0.2) is 0 Å². The van der Waals surface area contributed by atoms with E-state index in [1.807, 2.05) is 18.2 Å². The lowest BCUT2D eigenvalue weighted by molar-refractivity contribution is -0.121. The van der Waals surface area contributed by atoms with Crippen LogP contribution in [-0.4, -0.2) is 63.9 Å². The summed E-state index contributed by atoms with van der Waals surface area (Å²) in [5.74, 6) is -0.114. The third kappa shape index (κ3) is 8.26. The Labute approximate surface area is 240 Å². The molecule has 0 radical (unpaired) electrons. The average Bonchev–Trinajstić information content (AvgIpc) is 2.93. The van der Waals surface area contributed by atoms with Gasteiger partial charge in [0.1, 0.15) is 11.4 Å². The molecule has 0 saturated heterocycles. The molecule has 1 aliphatic rings. The van der Waals surface area contributed by atoms with E-state index in [-0.39, 0.29) is 41.5 Å². The topological polar surface area (TPSA) is 151 Å². The normalized spacial score (nSPS) is 15.3. The van der Waals surface area contributed by atoms with Gasteiger partial charge in [-0.2, -0.15) is 0 Å². The maximum absolute atomic E-state index is 13.5. The van der Waals surface area contributed by atoms with Gasteiger partial charge in [-0.3, -0.25) is 14.4 Å². The molecule has 2 heterocycles. The molecule has 0 spiro atoms. The van der Waals surface area contributed by atoms with Crippen molar-refractivity contribution in [1.82, 2.24) is 25.5 Å². The number of phenols is 1.